The average molecular weight is 885 g/mol. The smallest absolute Gasteiger partial charge is 0.326 e. The third kappa shape index (κ3) is 9.54. The van der Waals surface area contributed by atoms with Gasteiger partial charge in [-0.3, -0.25) is 14.5 Å². The van der Waals surface area contributed by atoms with E-state index in [0.717, 1.165) is 44.7 Å². The van der Waals surface area contributed by atoms with Gasteiger partial charge in [0.1, 0.15) is 29.9 Å². The van der Waals surface area contributed by atoms with E-state index in [2.05, 4.69) is 29.3 Å². The van der Waals surface area contributed by atoms with Crippen molar-refractivity contribution in [3.63, 3.8) is 0 Å². The van der Waals surface area contributed by atoms with Crippen LogP contribution in [0.15, 0.2) is 133 Å². The molecule has 2 amide bonds. The summed E-state index contributed by atoms with van der Waals surface area (Å²) < 4.78 is 17.7. The first-order valence-electron chi connectivity index (χ1n) is 20.8. The molecule has 0 aromatic heterocycles. The third-order valence-corrected chi connectivity index (χ3v) is 12.6. The van der Waals surface area contributed by atoms with E-state index in [1.807, 2.05) is 97.1 Å². The first-order valence-corrected chi connectivity index (χ1v) is 21.6. The van der Waals surface area contributed by atoms with Crippen LogP contribution in [0.2, 0.25) is 10.0 Å². The first kappa shape index (κ1) is 43.3. The number of hydrogen-bond acceptors (Lipinski definition) is 7. The van der Waals surface area contributed by atoms with E-state index in [0.29, 0.717) is 58.8 Å². The summed E-state index contributed by atoms with van der Waals surface area (Å²) in [5, 5.41) is 14.2. The highest BCUT2D eigenvalue weighted by Crippen LogP contribution is 2.43. The lowest BCUT2D eigenvalue weighted by Gasteiger charge is -2.42. The molecule has 10 nitrogen and oxygen atoms in total. The fourth-order valence-corrected chi connectivity index (χ4v) is 8.75. The Labute approximate surface area is 376 Å². The third-order valence-electron chi connectivity index (χ3n) is 11.9. The lowest BCUT2D eigenvalue weighted by Crippen LogP contribution is -2.55. The van der Waals surface area contributed by atoms with Crippen LogP contribution in [0.4, 0.5) is 5.69 Å². The van der Waals surface area contributed by atoms with E-state index in [4.69, 9.17) is 37.4 Å². The fraction of sp³-hybridized carbons (Fsp3) is 0.235. The number of nitrogens with zero attached hydrogens (tertiary/aromatic N) is 2. The van der Waals surface area contributed by atoms with Crippen molar-refractivity contribution in [3.05, 3.63) is 177 Å². The Hall–Kier alpha value is -6.33. The lowest BCUT2D eigenvalue weighted by atomic mass is 9.88. The van der Waals surface area contributed by atoms with Crippen molar-refractivity contribution in [1.82, 2.24) is 10.2 Å². The SMILES string of the molecule is CC[C@@H](c1ccccc1)N1Cc2cc3c(cc2C[C@H]1C(=O)N[C@@H](Cc1ccc(-c2ccc(OC)cc2)cc1)C(=O)O)N(C)C(=O)[C@H](c1ccc(OCc2ccc(Cl)c(Cl)c2)cc1)O3. The number of amides is 2. The topological polar surface area (TPSA) is 118 Å². The Morgan fingerprint density at radius 3 is 2.14 bits per heavy atom. The molecule has 0 saturated heterocycles. The number of rotatable bonds is 14. The van der Waals surface area contributed by atoms with E-state index < -0.39 is 24.2 Å². The maximum Gasteiger partial charge on any atom is 0.326 e. The number of anilines is 1. The maximum absolute atomic E-state index is 14.5. The summed E-state index contributed by atoms with van der Waals surface area (Å²) in [7, 11) is 3.35. The van der Waals surface area contributed by atoms with Gasteiger partial charge in [0.15, 0.2) is 0 Å². The summed E-state index contributed by atoms with van der Waals surface area (Å²) in [6, 6.07) is 39.9. The predicted molar refractivity (Wildman–Crippen MR) is 245 cm³/mol. The minimum atomic E-state index is -1.16. The number of halogens is 2. The van der Waals surface area contributed by atoms with Crippen LogP contribution in [0.5, 0.6) is 17.2 Å². The van der Waals surface area contributed by atoms with Gasteiger partial charge >= 0.3 is 5.97 Å². The summed E-state index contributed by atoms with van der Waals surface area (Å²) in [5.41, 5.74) is 7.81. The first-order chi connectivity index (χ1) is 30.5. The van der Waals surface area contributed by atoms with E-state index in [9.17, 15) is 19.5 Å². The summed E-state index contributed by atoms with van der Waals surface area (Å²) in [4.78, 5) is 44.9. The van der Waals surface area contributed by atoms with Gasteiger partial charge in [0.05, 0.1) is 28.9 Å². The molecule has 6 aromatic rings. The summed E-state index contributed by atoms with van der Waals surface area (Å²) >= 11 is 12.2. The van der Waals surface area contributed by atoms with Crippen molar-refractivity contribution in [2.24, 2.45) is 0 Å². The van der Waals surface area contributed by atoms with Gasteiger partial charge in [0, 0.05) is 31.6 Å². The van der Waals surface area contributed by atoms with E-state index in [1.54, 1.807) is 43.3 Å². The molecule has 0 unspecified atom stereocenters. The number of ether oxygens (including phenoxy) is 3. The lowest BCUT2D eigenvalue weighted by molar-refractivity contribution is -0.143. The summed E-state index contributed by atoms with van der Waals surface area (Å²) in [6.07, 6.45) is 0.231. The quantitative estimate of drug-likeness (QED) is 0.111. The highest BCUT2D eigenvalue weighted by molar-refractivity contribution is 6.42. The van der Waals surface area contributed by atoms with Crippen LogP contribution >= 0.6 is 23.2 Å². The Kier molecular flexibility index (Phi) is 13.0. The van der Waals surface area contributed by atoms with Gasteiger partial charge < -0.3 is 29.5 Å². The Morgan fingerprint density at radius 2 is 1.49 bits per heavy atom. The minimum Gasteiger partial charge on any atom is -0.497 e. The number of benzene rings is 6. The molecule has 2 N–H and O–H groups in total. The van der Waals surface area contributed by atoms with Gasteiger partial charge in [-0.15, -0.1) is 0 Å². The molecule has 2 aliphatic rings. The molecule has 0 bridgehead atoms. The molecule has 8 rings (SSSR count). The number of carbonyl (C=O) groups excluding carboxylic acids is 2. The zero-order chi connectivity index (χ0) is 44.2. The van der Waals surface area contributed by atoms with Crippen molar-refractivity contribution in [1.29, 1.82) is 0 Å². The molecule has 322 valence electrons. The number of likely N-dealkylation sites (N-methyl/N-ethyl adjacent to an activating group) is 1. The second-order valence-electron chi connectivity index (χ2n) is 15.8. The second kappa shape index (κ2) is 19.0. The van der Waals surface area contributed by atoms with Gasteiger partial charge in [-0.2, -0.15) is 0 Å². The van der Waals surface area contributed by atoms with Gasteiger partial charge in [-0.05, 0) is 100 Å². The van der Waals surface area contributed by atoms with Crippen LogP contribution in [0.3, 0.4) is 0 Å². The van der Waals surface area contributed by atoms with Crippen molar-refractivity contribution in [2.75, 3.05) is 19.1 Å². The Bertz CT molecular complexity index is 2610. The zero-order valence-electron chi connectivity index (χ0n) is 35.1. The summed E-state index contributed by atoms with van der Waals surface area (Å²) in [6.45, 7) is 2.78. The molecule has 0 spiro atoms. The molecular weight excluding hydrogens is 837 g/mol. The van der Waals surface area contributed by atoms with Crippen molar-refractivity contribution in [2.45, 2.75) is 63.6 Å². The standard InChI is InChI=1S/C51H47Cl2N3O7/c1-4-44(35-8-6-5-7-9-35)56-29-38-28-47-45(55(2)50(58)48(63-47)36-17-21-40(22-18-36)62-30-32-12-23-41(52)42(53)24-32)26-37(38)27-46(56)49(57)54-43(51(59)60)25-31-10-13-33(14-11-31)34-15-19-39(61-3)20-16-34/h5-24,26,28,43-44,46,48H,4,25,27,29-30H2,1-3H3,(H,54,57)(H,59,60)/t43-,44-,46-,48-/m0/s1. The van der Waals surface area contributed by atoms with Crippen molar-refractivity contribution >= 4 is 46.7 Å². The number of fused-ring (bicyclic) bond motifs is 2. The van der Waals surface area contributed by atoms with Gasteiger partial charge in [-0.1, -0.05) is 115 Å². The van der Waals surface area contributed by atoms with Crippen LogP contribution in [0.1, 0.15) is 58.9 Å². The van der Waals surface area contributed by atoms with Gasteiger partial charge in [0.2, 0.25) is 12.0 Å². The molecule has 0 aliphatic carbocycles. The molecular formula is C51H47Cl2N3O7. The number of aliphatic carboxylic acids is 1. The van der Waals surface area contributed by atoms with Crippen molar-refractivity contribution < 1.29 is 33.7 Å². The van der Waals surface area contributed by atoms with E-state index in [1.165, 1.54) is 0 Å². The highest BCUT2D eigenvalue weighted by atomic mass is 35.5. The number of carboxylic acids is 1. The van der Waals surface area contributed by atoms with Crippen molar-refractivity contribution in [3.8, 4) is 28.4 Å². The number of methoxy groups -OCH3 is 1. The normalized spacial score (nSPS) is 16.8. The van der Waals surface area contributed by atoms with Gasteiger partial charge in [0.25, 0.3) is 5.91 Å². The molecule has 4 atom stereocenters. The van der Waals surface area contributed by atoms with Crippen LogP contribution < -0.4 is 24.4 Å². The number of carboxylic acid groups (broad SMARTS) is 1. The number of carbonyl (C=O) groups is 3. The highest BCUT2D eigenvalue weighted by Gasteiger charge is 2.40. The van der Waals surface area contributed by atoms with Crippen LogP contribution in [0, 0.1) is 0 Å². The molecule has 2 aliphatic heterocycles. The second-order valence-corrected chi connectivity index (χ2v) is 16.7. The van der Waals surface area contributed by atoms with Crippen LogP contribution in [0.25, 0.3) is 11.1 Å². The average Bonchev–Trinajstić information content (AvgIpc) is 3.30. The molecule has 12 heteroatoms. The maximum atomic E-state index is 14.5. The Balaban J connectivity index is 1.02. The largest absolute Gasteiger partial charge is 0.497 e. The minimum absolute atomic E-state index is 0.108. The Morgan fingerprint density at radius 1 is 0.825 bits per heavy atom. The zero-order valence-corrected chi connectivity index (χ0v) is 36.6. The predicted octanol–water partition coefficient (Wildman–Crippen LogP) is 10.0. The van der Waals surface area contributed by atoms with E-state index >= 15 is 0 Å². The number of hydrogen-bond donors (Lipinski definition) is 2. The molecule has 63 heavy (non-hydrogen) atoms. The molecule has 2 heterocycles. The van der Waals surface area contributed by atoms with Crippen LogP contribution in [-0.4, -0.2) is 54.0 Å². The number of nitrogens with one attached hydrogen (secondary N) is 1. The molecule has 0 fully saturated rings. The monoisotopic (exact) mass is 883 g/mol. The van der Waals surface area contributed by atoms with Gasteiger partial charge in [-0.25, -0.2) is 4.79 Å². The van der Waals surface area contributed by atoms with Crippen LogP contribution in [-0.2, 0) is 40.4 Å². The molecule has 0 saturated carbocycles. The molecule has 0 radical (unpaired) electrons. The molecule has 6 aromatic carbocycles. The van der Waals surface area contributed by atoms with E-state index in [-0.39, 0.29) is 24.3 Å². The summed E-state index contributed by atoms with van der Waals surface area (Å²) in [5.74, 6) is 0.202. The fourth-order valence-electron chi connectivity index (χ4n) is 8.43.